The first-order chi connectivity index (χ1) is 9.45. The number of Topliss-reactive ketones (excluding diaryl/α,β-unsaturated/α-hetero) is 1. The summed E-state index contributed by atoms with van der Waals surface area (Å²) in [7, 11) is 0. The van der Waals surface area contributed by atoms with E-state index in [9.17, 15) is 4.79 Å². The minimum Gasteiger partial charge on any atom is -0.295 e. The van der Waals surface area contributed by atoms with Gasteiger partial charge in [0, 0.05) is 16.5 Å². The molecule has 0 spiro atoms. The molecule has 0 aromatic heterocycles. The van der Waals surface area contributed by atoms with E-state index in [4.69, 9.17) is 0 Å². The third-order valence-corrected chi connectivity index (χ3v) is 4.07. The van der Waals surface area contributed by atoms with E-state index in [1.807, 2.05) is 12.1 Å². The Morgan fingerprint density at radius 3 is 2.35 bits per heavy atom. The highest BCUT2D eigenvalue weighted by Gasteiger charge is 2.15. The van der Waals surface area contributed by atoms with Gasteiger partial charge in [0.1, 0.15) is 0 Å². The fraction of sp³-hybridized carbons (Fsp3) is 0.526. The minimum absolute atomic E-state index is 0.0875. The molecular formula is C19H26O. The van der Waals surface area contributed by atoms with Gasteiger partial charge in [0.2, 0.25) is 0 Å². The second kappa shape index (κ2) is 7.29. The largest absolute Gasteiger partial charge is 0.295 e. The maximum atomic E-state index is 11.6. The average Bonchev–Trinajstić information content (AvgIpc) is 2.45. The van der Waals surface area contributed by atoms with Gasteiger partial charge >= 0.3 is 0 Å². The van der Waals surface area contributed by atoms with Crippen LogP contribution in [0.3, 0.4) is 0 Å². The van der Waals surface area contributed by atoms with Crippen molar-refractivity contribution in [2.45, 2.75) is 60.3 Å². The molecule has 108 valence electrons. The molecular weight excluding hydrogens is 244 g/mol. The molecule has 0 unspecified atom stereocenters. The fourth-order valence-corrected chi connectivity index (χ4v) is 2.14. The fourth-order valence-electron chi connectivity index (χ4n) is 2.14. The molecule has 0 heterocycles. The number of carbonyl (C=O) groups excluding carboxylic acids is 1. The van der Waals surface area contributed by atoms with Crippen LogP contribution in [0.4, 0.5) is 0 Å². The Bertz CT molecular complexity index is 524. The molecule has 0 atom stereocenters. The number of hydrogen-bond donors (Lipinski definition) is 0. The number of rotatable bonds is 5. The summed E-state index contributed by atoms with van der Waals surface area (Å²) in [6.45, 7) is 10.3. The summed E-state index contributed by atoms with van der Waals surface area (Å²) in [5, 5.41) is 0. The summed E-state index contributed by atoms with van der Waals surface area (Å²) in [6.07, 6.45) is 4.09. The Kier molecular flexibility index (Phi) is 6.02. The van der Waals surface area contributed by atoms with Crippen molar-refractivity contribution in [3.05, 3.63) is 34.9 Å². The van der Waals surface area contributed by atoms with Crippen LogP contribution in [0.2, 0.25) is 0 Å². The van der Waals surface area contributed by atoms with E-state index < -0.39 is 0 Å². The minimum atomic E-state index is 0.0875. The second-order valence-electron chi connectivity index (χ2n) is 5.70. The Morgan fingerprint density at radius 2 is 1.85 bits per heavy atom. The molecule has 20 heavy (non-hydrogen) atoms. The van der Waals surface area contributed by atoms with E-state index in [0.29, 0.717) is 0 Å². The van der Waals surface area contributed by atoms with Gasteiger partial charge in [-0.2, -0.15) is 0 Å². The summed E-state index contributed by atoms with van der Waals surface area (Å²) in [5.74, 6) is 6.82. The van der Waals surface area contributed by atoms with Crippen LogP contribution in [-0.4, -0.2) is 5.78 Å². The Hall–Kier alpha value is -1.55. The Morgan fingerprint density at radius 1 is 1.20 bits per heavy atom. The third-order valence-electron chi connectivity index (χ3n) is 4.07. The SMILES string of the molecule is CCCc1cc(C#CC(C)(CC)CC)ccc1C(C)=O. The van der Waals surface area contributed by atoms with Crippen molar-refractivity contribution in [2.24, 2.45) is 5.41 Å². The molecule has 1 rings (SSSR count). The summed E-state index contributed by atoms with van der Waals surface area (Å²) < 4.78 is 0. The maximum Gasteiger partial charge on any atom is 0.160 e. The predicted molar refractivity (Wildman–Crippen MR) is 86.0 cm³/mol. The van der Waals surface area contributed by atoms with Crippen molar-refractivity contribution >= 4 is 5.78 Å². The van der Waals surface area contributed by atoms with Gasteiger partial charge in [-0.3, -0.25) is 4.79 Å². The zero-order valence-electron chi connectivity index (χ0n) is 13.5. The lowest BCUT2D eigenvalue weighted by Gasteiger charge is -2.18. The summed E-state index contributed by atoms with van der Waals surface area (Å²) in [5.41, 5.74) is 3.07. The normalized spacial score (nSPS) is 10.8. The Balaban J connectivity index is 3.13. The quantitative estimate of drug-likeness (QED) is 0.542. The van der Waals surface area contributed by atoms with Crippen LogP contribution in [0, 0.1) is 17.3 Å². The van der Waals surface area contributed by atoms with Gasteiger partial charge < -0.3 is 0 Å². The van der Waals surface area contributed by atoms with Crippen LogP contribution < -0.4 is 0 Å². The van der Waals surface area contributed by atoms with Crippen molar-refractivity contribution in [2.75, 3.05) is 0 Å². The number of aryl methyl sites for hydroxylation is 1. The molecule has 0 radical (unpaired) electrons. The lowest BCUT2D eigenvalue weighted by molar-refractivity contribution is 0.101. The monoisotopic (exact) mass is 270 g/mol. The second-order valence-corrected chi connectivity index (χ2v) is 5.70. The number of benzene rings is 1. The summed E-state index contributed by atoms with van der Waals surface area (Å²) in [4.78, 5) is 11.6. The van der Waals surface area contributed by atoms with Crippen LogP contribution in [0.15, 0.2) is 18.2 Å². The molecule has 0 aliphatic heterocycles. The lowest BCUT2D eigenvalue weighted by atomic mass is 9.85. The van der Waals surface area contributed by atoms with Gasteiger partial charge in [0.15, 0.2) is 5.78 Å². The van der Waals surface area contributed by atoms with Gasteiger partial charge in [0.25, 0.3) is 0 Å². The molecule has 0 saturated carbocycles. The molecule has 1 heteroatoms. The maximum absolute atomic E-state index is 11.6. The first kappa shape index (κ1) is 16.5. The zero-order chi connectivity index (χ0) is 15.2. The van der Waals surface area contributed by atoms with E-state index in [0.717, 1.165) is 42.4 Å². The van der Waals surface area contributed by atoms with Crippen molar-refractivity contribution < 1.29 is 4.79 Å². The summed E-state index contributed by atoms with van der Waals surface area (Å²) in [6, 6.07) is 5.97. The van der Waals surface area contributed by atoms with Crippen LogP contribution in [0.5, 0.6) is 0 Å². The van der Waals surface area contributed by atoms with Gasteiger partial charge in [-0.1, -0.05) is 39.0 Å². The molecule has 0 fully saturated rings. The highest BCUT2D eigenvalue weighted by molar-refractivity contribution is 5.95. The molecule has 0 aliphatic rings. The van der Waals surface area contributed by atoms with Crippen LogP contribution in [0.25, 0.3) is 0 Å². The number of carbonyl (C=O) groups is 1. The molecule has 1 aromatic carbocycles. The van der Waals surface area contributed by atoms with E-state index in [1.54, 1.807) is 6.92 Å². The van der Waals surface area contributed by atoms with E-state index in [2.05, 4.69) is 45.6 Å². The highest BCUT2D eigenvalue weighted by Crippen LogP contribution is 2.24. The van der Waals surface area contributed by atoms with Crippen LogP contribution in [0.1, 0.15) is 75.4 Å². The Labute approximate surface area is 123 Å². The number of ketones is 1. The van der Waals surface area contributed by atoms with Gasteiger partial charge in [-0.15, -0.1) is 0 Å². The van der Waals surface area contributed by atoms with Gasteiger partial charge in [-0.25, -0.2) is 0 Å². The molecule has 1 aromatic rings. The van der Waals surface area contributed by atoms with E-state index in [-0.39, 0.29) is 11.2 Å². The van der Waals surface area contributed by atoms with Gasteiger partial charge in [-0.05, 0) is 56.9 Å². The van der Waals surface area contributed by atoms with Crippen LogP contribution >= 0.6 is 0 Å². The first-order valence-electron chi connectivity index (χ1n) is 7.62. The first-order valence-corrected chi connectivity index (χ1v) is 7.62. The van der Waals surface area contributed by atoms with Crippen molar-refractivity contribution in [3.63, 3.8) is 0 Å². The topological polar surface area (TPSA) is 17.1 Å². The summed E-state index contributed by atoms with van der Waals surface area (Å²) >= 11 is 0. The van der Waals surface area contributed by atoms with Gasteiger partial charge in [0.05, 0.1) is 0 Å². The molecule has 0 aliphatic carbocycles. The van der Waals surface area contributed by atoms with Crippen molar-refractivity contribution in [1.29, 1.82) is 0 Å². The zero-order valence-corrected chi connectivity index (χ0v) is 13.5. The molecule has 0 bridgehead atoms. The molecule has 0 amide bonds. The van der Waals surface area contributed by atoms with E-state index in [1.165, 1.54) is 0 Å². The number of hydrogen-bond acceptors (Lipinski definition) is 1. The third kappa shape index (κ3) is 4.23. The molecule has 0 saturated heterocycles. The lowest BCUT2D eigenvalue weighted by Crippen LogP contribution is -2.10. The molecule has 0 N–H and O–H groups in total. The van der Waals surface area contributed by atoms with Crippen LogP contribution in [-0.2, 0) is 6.42 Å². The smallest absolute Gasteiger partial charge is 0.160 e. The van der Waals surface area contributed by atoms with Crippen molar-refractivity contribution in [1.82, 2.24) is 0 Å². The van der Waals surface area contributed by atoms with E-state index >= 15 is 0 Å². The standard InChI is InChI=1S/C19H26O/c1-6-9-17-14-16(10-11-18(17)15(4)20)12-13-19(5,7-2)8-3/h10-11,14H,6-9H2,1-5H3. The highest BCUT2D eigenvalue weighted by atomic mass is 16.1. The molecule has 1 nitrogen and oxygen atoms in total. The predicted octanol–water partition coefficient (Wildman–Crippen LogP) is 5.02. The average molecular weight is 270 g/mol. The van der Waals surface area contributed by atoms with Crippen molar-refractivity contribution in [3.8, 4) is 11.8 Å².